The normalized spacial score (nSPS) is 20.5. The molecular weight excluding hydrogens is 204 g/mol. The van der Waals surface area contributed by atoms with E-state index >= 15 is 0 Å². The predicted molar refractivity (Wildman–Crippen MR) is 60.7 cm³/mol. The molecule has 1 amide bonds. The lowest BCUT2D eigenvalue weighted by atomic mass is 10.1. The van der Waals surface area contributed by atoms with Gasteiger partial charge in [0.05, 0.1) is 12.5 Å². The Morgan fingerprint density at radius 3 is 2.81 bits per heavy atom. The standard InChI is InChI=1S/C12H20N2O2/c1-10(2)14(8-5-7-13)12(15)11-6-3-4-9-16-11/h10-11H,3-6,8-9H2,1-2H3. The second-order valence-corrected chi connectivity index (χ2v) is 4.39. The van der Waals surface area contributed by atoms with Crippen LogP contribution in [-0.4, -0.2) is 36.1 Å². The van der Waals surface area contributed by atoms with Gasteiger partial charge in [-0.25, -0.2) is 0 Å². The van der Waals surface area contributed by atoms with E-state index in [0.717, 1.165) is 19.3 Å². The largest absolute Gasteiger partial charge is 0.368 e. The summed E-state index contributed by atoms with van der Waals surface area (Å²) < 4.78 is 5.48. The predicted octanol–water partition coefficient (Wildman–Crippen LogP) is 1.71. The maximum Gasteiger partial charge on any atom is 0.251 e. The second kappa shape index (κ2) is 6.49. The topological polar surface area (TPSA) is 53.3 Å². The van der Waals surface area contributed by atoms with Crippen LogP contribution in [0.2, 0.25) is 0 Å². The Balaban J connectivity index is 2.55. The number of hydrogen-bond donors (Lipinski definition) is 0. The van der Waals surface area contributed by atoms with Crippen molar-refractivity contribution in [3.8, 4) is 6.07 Å². The van der Waals surface area contributed by atoms with E-state index in [4.69, 9.17) is 10.00 Å². The fourth-order valence-electron chi connectivity index (χ4n) is 1.91. The Morgan fingerprint density at radius 1 is 1.56 bits per heavy atom. The number of rotatable bonds is 4. The van der Waals surface area contributed by atoms with Gasteiger partial charge >= 0.3 is 0 Å². The van der Waals surface area contributed by atoms with E-state index in [1.807, 2.05) is 13.8 Å². The second-order valence-electron chi connectivity index (χ2n) is 4.39. The lowest BCUT2D eigenvalue weighted by Crippen LogP contribution is -2.45. The first-order chi connectivity index (χ1) is 7.66. The highest BCUT2D eigenvalue weighted by molar-refractivity contribution is 5.81. The molecule has 16 heavy (non-hydrogen) atoms. The van der Waals surface area contributed by atoms with Crippen LogP contribution >= 0.6 is 0 Å². The zero-order valence-corrected chi connectivity index (χ0v) is 10.1. The third-order valence-electron chi connectivity index (χ3n) is 2.83. The van der Waals surface area contributed by atoms with Crippen LogP contribution < -0.4 is 0 Å². The highest BCUT2D eigenvalue weighted by Crippen LogP contribution is 2.16. The van der Waals surface area contributed by atoms with Crippen molar-refractivity contribution in [2.24, 2.45) is 0 Å². The lowest BCUT2D eigenvalue weighted by molar-refractivity contribution is -0.148. The summed E-state index contributed by atoms with van der Waals surface area (Å²) in [6, 6.07) is 2.21. The minimum atomic E-state index is -0.283. The van der Waals surface area contributed by atoms with Crippen LogP contribution in [0.5, 0.6) is 0 Å². The molecule has 0 aromatic heterocycles. The average molecular weight is 224 g/mol. The number of carbonyl (C=O) groups is 1. The zero-order chi connectivity index (χ0) is 12.0. The third kappa shape index (κ3) is 3.49. The highest BCUT2D eigenvalue weighted by Gasteiger charge is 2.27. The van der Waals surface area contributed by atoms with Crippen LogP contribution in [0.15, 0.2) is 0 Å². The molecule has 0 aliphatic carbocycles. The summed E-state index contributed by atoms with van der Waals surface area (Å²) in [4.78, 5) is 13.9. The lowest BCUT2D eigenvalue weighted by Gasteiger charge is -2.31. The molecule has 1 atom stereocenters. The van der Waals surface area contributed by atoms with Gasteiger partial charge in [-0.15, -0.1) is 0 Å². The van der Waals surface area contributed by atoms with Crippen molar-refractivity contribution in [3.05, 3.63) is 0 Å². The summed E-state index contributed by atoms with van der Waals surface area (Å²) in [6.07, 6.45) is 3.02. The number of nitrogens with zero attached hydrogens (tertiary/aromatic N) is 2. The summed E-state index contributed by atoms with van der Waals surface area (Å²) in [5.41, 5.74) is 0. The van der Waals surface area contributed by atoms with Gasteiger partial charge in [-0.05, 0) is 33.1 Å². The zero-order valence-electron chi connectivity index (χ0n) is 10.1. The van der Waals surface area contributed by atoms with E-state index in [1.165, 1.54) is 0 Å². The molecule has 0 N–H and O–H groups in total. The molecule has 0 spiro atoms. The van der Waals surface area contributed by atoms with E-state index in [1.54, 1.807) is 4.90 Å². The first kappa shape index (κ1) is 13.0. The van der Waals surface area contributed by atoms with Crippen molar-refractivity contribution >= 4 is 5.91 Å². The first-order valence-electron chi connectivity index (χ1n) is 5.96. The fraction of sp³-hybridized carbons (Fsp3) is 0.833. The summed E-state index contributed by atoms with van der Waals surface area (Å²) in [7, 11) is 0. The molecule has 4 nitrogen and oxygen atoms in total. The number of amides is 1. The van der Waals surface area contributed by atoms with Gasteiger partial charge in [0, 0.05) is 19.2 Å². The first-order valence-corrected chi connectivity index (χ1v) is 5.96. The number of nitriles is 1. The minimum Gasteiger partial charge on any atom is -0.368 e. The van der Waals surface area contributed by atoms with Crippen LogP contribution in [0.3, 0.4) is 0 Å². The Labute approximate surface area is 97.2 Å². The van der Waals surface area contributed by atoms with E-state index in [0.29, 0.717) is 19.6 Å². The summed E-state index contributed by atoms with van der Waals surface area (Å²) in [5.74, 6) is 0.0463. The SMILES string of the molecule is CC(C)N(CCC#N)C(=O)C1CCCCO1. The Kier molecular flexibility index (Phi) is 5.27. The molecule has 4 heteroatoms. The van der Waals surface area contributed by atoms with Gasteiger partial charge < -0.3 is 9.64 Å². The molecule has 1 saturated heterocycles. The van der Waals surface area contributed by atoms with Crippen molar-refractivity contribution in [1.29, 1.82) is 5.26 Å². The molecule has 1 unspecified atom stereocenters. The van der Waals surface area contributed by atoms with Crippen LogP contribution in [0.25, 0.3) is 0 Å². The van der Waals surface area contributed by atoms with Crippen LogP contribution in [0, 0.1) is 11.3 Å². The van der Waals surface area contributed by atoms with Gasteiger partial charge in [0.1, 0.15) is 6.10 Å². The molecular formula is C12H20N2O2. The smallest absolute Gasteiger partial charge is 0.251 e. The number of carbonyl (C=O) groups excluding carboxylic acids is 1. The molecule has 0 saturated carbocycles. The molecule has 0 bridgehead atoms. The van der Waals surface area contributed by atoms with Crippen molar-refractivity contribution in [3.63, 3.8) is 0 Å². The Hall–Kier alpha value is -1.08. The number of ether oxygens (including phenoxy) is 1. The van der Waals surface area contributed by atoms with Crippen molar-refractivity contribution in [2.75, 3.05) is 13.2 Å². The minimum absolute atomic E-state index is 0.0463. The van der Waals surface area contributed by atoms with Crippen LogP contribution in [0.4, 0.5) is 0 Å². The van der Waals surface area contributed by atoms with E-state index < -0.39 is 0 Å². The van der Waals surface area contributed by atoms with Gasteiger partial charge in [-0.3, -0.25) is 4.79 Å². The van der Waals surface area contributed by atoms with Gasteiger partial charge in [0.2, 0.25) is 0 Å². The van der Waals surface area contributed by atoms with Gasteiger partial charge in [-0.2, -0.15) is 5.26 Å². The van der Waals surface area contributed by atoms with E-state index in [2.05, 4.69) is 6.07 Å². The molecule has 1 aliphatic rings. The molecule has 1 fully saturated rings. The van der Waals surface area contributed by atoms with Gasteiger partial charge in [0.15, 0.2) is 0 Å². The van der Waals surface area contributed by atoms with Gasteiger partial charge in [0.25, 0.3) is 5.91 Å². The van der Waals surface area contributed by atoms with E-state index in [9.17, 15) is 4.79 Å². The van der Waals surface area contributed by atoms with Crippen molar-refractivity contribution in [2.45, 2.75) is 51.7 Å². The van der Waals surface area contributed by atoms with Crippen molar-refractivity contribution < 1.29 is 9.53 Å². The fourth-order valence-corrected chi connectivity index (χ4v) is 1.91. The number of hydrogen-bond acceptors (Lipinski definition) is 3. The van der Waals surface area contributed by atoms with Crippen molar-refractivity contribution in [1.82, 2.24) is 4.90 Å². The molecule has 90 valence electrons. The van der Waals surface area contributed by atoms with Crippen LogP contribution in [0.1, 0.15) is 39.5 Å². The summed E-state index contributed by atoms with van der Waals surface area (Å²) in [6.45, 7) is 5.13. The molecule has 0 radical (unpaired) electrons. The Bertz CT molecular complexity index is 265. The average Bonchev–Trinajstić information content (AvgIpc) is 2.30. The maximum absolute atomic E-state index is 12.1. The molecule has 1 heterocycles. The molecule has 1 aliphatic heterocycles. The third-order valence-corrected chi connectivity index (χ3v) is 2.83. The van der Waals surface area contributed by atoms with Gasteiger partial charge in [-0.1, -0.05) is 0 Å². The highest BCUT2D eigenvalue weighted by atomic mass is 16.5. The molecule has 0 aromatic carbocycles. The maximum atomic E-state index is 12.1. The summed E-state index contributed by atoms with van der Waals surface area (Å²) >= 11 is 0. The monoisotopic (exact) mass is 224 g/mol. The molecule has 1 rings (SSSR count). The molecule has 0 aromatic rings. The van der Waals surface area contributed by atoms with Crippen LogP contribution in [-0.2, 0) is 9.53 Å². The quantitative estimate of drug-likeness (QED) is 0.730. The Morgan fingerprint density at radius 2 is 2.31 bits per heavy atom. The summed E-state index contributed by atoms with van der Waals surface area (Å²) in [5, 5.41) is 8.57. The van der Waals surface area contributed by atoms with E-state index in [-0.39, 0.29) is 18.1 Å².